The van der Waals surface area contributed by atoms with E-state index in [9.17, 15) is 9.18 Å². The maximum absolute atomic E-state index is 13.8. The van der Waals surface area contributed by atoms with Crippen molar-refractivity contribution in [3.05, 3.63) is 59.5 Å². The minimum absolute atomic E-state index is 0.111. The van der Waals surface area contributed by atoms with Gasteiger partial charge in [-0.1, -0.05) is 19.1 Å². The van der Waals surface area contributed by atoms with Gasteiger partial charge in [-0.15, -0.1) is 11.3 Å². The van der Waals surface area contributed by atoms with Gasteiger partial charge in [0.05, 0.1) is 12.5 Å². The summed E-state index contributed by atoms with van der Waals surface area (Å²) in [5.74, 6) is 0.00635. The van der Waals surface area contributed by atoms with Crippen LogP contribution in [0.3, 0.4) is 0 Å². The number of aryl methyl sites for hydroxylation is 1. The normalized spacial score (nSPS) is 10.8. The molecule has 2 aromatic heterocycles. The molecule has 4 rings (SSSR count). The monoisotopic (exact) mass is 437 g/mol. The van der Waals surface area contributed by atoms with Crippen LogP contribution >= 0.6 is 11.3 Å². The minimum Gasteiger partial charge on any atom is -0.494 e. The van der Waals surface area contributed by atoms with Gasteiger partial charge in [0, 0.05) is 27.9 Å². The summed E-state index contributed by atoms with van der Waals surface area (Å²) in [4.78, 5) is 22.8. The molecule has 7 nitrogen and oxygen atoms in total. The van der Waals surface area contributed by atoms with Gasteiger partial charge in [0.2, 0.25) is 0 Å². The molecule has 2 aromatic carbocycles. The van der Waals surface area contributed by atoms with Crippen LogP contribution in [0, 0.1) is 5.82 Å². The number of ether oxygens (including phenoxy) is 1. The smallest absolute Gasteiger partial charge is 0.323 e. The molecule has 0 radical (unpaired) electrons. The summed E-state index contributed by atoms with van der Waals surface area (Å²) < 4.78 is 18.7. The van der Waals surface area contributed by atoms with Gasteiger partial charge >= 0.3 is 6.03 Å². The highest BCUT2D eigenvalue weighted by Crippen LogP contribution is 2.40. The Balaban J connectivity index is 1.53. The zero-order valence-electron chi connectivity index (χ0n) is 16.9. The summed E-state index contributed by atoms with van der Waals surface area (Å²) >= 11 is 1.60. The van der Waals surface area contributed by atoms with Crippen molar-refractivity contribution >= 4 is 44.8 Å². The average molecular weight is 438 g/mol. The fourth-order valence-electron chi connectivity index (χ4n) is 3.31. The van der Waals surface area contributed by atoms with Crippen molar-refractivity contribution in [1.29, 1.82) is 0 Å². The Morgan fingerprint density at radius 3 is 2.52 bits per heavy atom. The number of nitrogens with zero attached hydrogens (tertiary/aromatic N) is 2. The molecule has 0 aliphatic carbocycles. The van der Waals surface area contributed by atoms with Gasteiger partial charge < -0.3 is 21.1 Å². The lowest BCUT2D eigenvalue weighted by Gasteiger charge is -2.10. The van der Waals surface area contributed by atoms with Crippen LogP contribution in [0.25, 0.3) is 21.3 Å². The van der Waals surface area contributed by atoms with E-state index in [0.29, 0.717) is 17.2 Å². The van der Waals surface area contributed by atoms with E-state index in [0.717, 1.165) is 27.8 Å². The van der Waals surface area contributed by atoms with Crippen LogP contribution in [0.5, 0.6) is 5.75 Å². The van der Waals surface area contributed by atoms with Crippen LogP contribution < -0.4 is 21.1 Å². The van der Waals surface area contributed by atoms with Crippen LogP contribution in [-0.4, -0.2) is 23.1 Å². The molecule has 0 bridgehead atoms. The number of nitrogens with two attached hydrogens (primary N) is 1. The van der Waals surface area contributed by atoms with Crippen molar-refractivity contribution in [3.8, 4) is 16.9 Å². The van der Waals surface area contributed by atoms with Crippen LogP contribution in [-0.2, 0) is 6.42 Å². The Hall–Kier alpha value is -3.72. The van der Waals surface area contributed by atoms with E-state index in [1.54, 1.807) is 29.5 Å². The predicted octanol–water partition coefficient (Wildman–Crippen LogP) is 5.29. The number of aromatic nitrogens is 2. The summed E-state index contributed by atoms with van der Waals surface area (Å²) in [5.41, 5.74) is 9.01. The first-order valence-corrected chi connectivity index (χ1v) is 10.4. The molecule has 4 aromatic rings. The van der Waals surface area contributed by atoms with Crippen molar-refractivity contribution in [1.82, 2.24) is 9.97 Å². The minimum atomic E-state index is -0.553. The van der Waals surface area contributed by atoms with Crippen molar-refractivity contribution < 1.29 is 13.9 Å². The lowest BCUT2D eigenvalue weighted by Crippen LogP contribution is -2.19. The highest BCUT2D eigenvalue weighted by molar-refractivity contribution is 7.19. The molecule has 0 aliphatic heterocycles. The largest absolute Gasteiger partial charge is 0.494 e. The van der Waals surface area contributed by atoms with E-state index in [1.807, 2.05) is 12.1 Å². The third-order valence-electron chi connectivity index (χ3n) is 4.75. The molecular formula is C22H20FN5O2S. The van der Waals surface area contributed by atoms with Gasteiger partial charge in [0.15, 0.2) is 11.6 Å². The Morgan fingerprint density at radius 2 is 1.84 bits per heavy atom. The lowest BCUT2D eigenvalue weighted by atomic mass is 10.0. The predicted molar refractivity (Wildman–Crippen MR) is 122 cm³/mol. The molecular weight excluding hydrogens is 417 g/mol. The van der Waals surface area contributed by atoms with Gasteiger partial charge in [0.25, 0.3) is 0 Å². The number of nitrogen functional groups attached to an aromatic ring is 1. The SMILES string of the molecule is CCc1sc2ncnc(N)c2c1-c1ccc(NC(=O)Nc2ccc(OC)c(F)c2)cc1. The number of carbonyl (C=O) groups excluding carboxylic acids is 1. The molecule has 0 atom stereocenters. The number of anilines is 3. The van der Waals surface area contributed by atoms with Crippen molar-refractivity contribution in [2.75, 3.05) is 23.5 Å². The van der Waals surface area contributed by atoms with Crippen molar-refractivity contribution in [2.45, 2.75) is 13.3 Å². The molecule has 31 heavy (non-hydrogen) atoms. The molecule has 0 spiro atoms. The number of halogens is 1. The summed E-state index contributed by atoms with van der Waals surface area (Å²) in [6.45, 7) is 2.08. The summed E-state index contributed by atoms with van der Waals surface area (Å²) in [7, 11) is 1.38. The van der Waals surface area contributed by atoms with Crippen LogP contribution in [0.15, 0.2) is 48.8 Å². The molecule has 9 heteroatoms. The highest BCUT2D eigenvalue weighted by atomic mass is 32.1. The van der Waals surface area contributed by atoms with Crippen LogP contribution in [0.1, 0.15) is 11.8 Å². The lowest BCUT2D eigenvalue weighted by molar-refractivity contribution is 0.262. The second kappa shape index (κ2) is 8.57. The second-order valence-corrected chi connectivity index (χ2v) is 7.78. The van der Waals surface area contributed by atoms with Gasteiger partial charge in [-0.05, 0) is 36.2 Å². The molecule has 0 aliphatic rings. The van der Waals surface area contributed by atoms with E-state index >= 15 is 0 Å². The number of urea groups is 1. The van der Waals surface area contributed by atoms with Gasteiger partial charge in [-0.25, -0.2) is 19.2 Å². The summed E-state index contributed by atoms with van der Waals surface area (Å²) in [5, 5.41) is 6.19. The Labute approximate surface area is 182 Å². The first-order valence-electron chi connectivity index (χ1n) is 9.54. The zero-order chi connectivity index (χ0) is 22.0. The van der Waals surface area contributed by atoms with Crippen LogP contribution in [0.4, 0.5) is 26.4 Å². The highest BCUT2D eigenvalue weighted by Gasteiger charge is 2.17. The topological polar surface area (TPSA) is 102 Å². The molecule has 4 N–H and O–H groups in total. The number of amides is 2. The summed E-state index contributed by atoms with van der Waals surface area (Å²) in [6.07, 6.45) is 2.31. The number of hydrogen-bond donors (Lipinski definition) is 3. The number of methoxy groups -OCH3 is 1. The third kappa shape index (κ3) is 4.13. The first-order chi connectivity index (χ1) is 15.0. The maximum Gasteiger partial charge on any atom is 0.323 e. The molecule has 0 unspecified atom stereocenters. The van der Waals surface area contributed by atoms with E-state index in [4.69, 9.17) is 10.5 Å². The van der Waals surface area contributed by atoms with Crippen LogP contribution in [0.2, 0.25) is 0 Å². The molecule has 0 saturated heterocycles. The number of hydrogen-bond acceptors (Lipinski definition) is 6. The molecule has 2 heterocycles. The maximum atomic E-state index is 13.8. The Bertz CT molecular complexity index is 1260. The van der Waals surface area contributed by atoms with Crippen molar-refractivity contribution in [2.24, 2.45) is 0 Å². The first kappa shape index (κ1) is 20.5. The standard InChI is InChI=1S/C22H20FN5O2S/c1-3-17-18(19-20(24)25-11-26-21(19)31-17)12-4-6-13(7-5-12)27-22(29)28-14-8-9-16(30-2)15(23)10-14/h4-11H,3H2,1-2H3,(H2,24,25,26)(H2,27,28,29). The number of benzene rings is 2. The van der Waals surface area contributed by atoms with Crippen molar-refractivity contribution in [3.63, 3.8) is 0 Å². The second-order valence-electron chi connectivity index (χ2n) is 6.70. The molecule has 158 valence electrons. The van der Waals surface area contributed by atoms with Gasteiger partial charge in [-0.3, -0.25) is 0 Å². The van der Waals surface area contributed by atoms with E-state index < -0.39 is 11.8 Å². The van der Waals surface area contributed by atoms with Gasteiger partial charge in [0.1, 0.15) is 17.0 Å². The molecule has 0 fully saturated rings. The third-order valence-corrected chi connectivity index (χ3v) is 5.99. The van der Waals surface area contributed by atoms with E-state index in [2.05, 4.69) is 27.5 Å². The Kier molecular flexibility index (Phi) is 5.68. The average Bonchev–Trinajstić information content (AvgIpc) is 3.14. The number of carbonyl (C=O) groups is 1. The number of fused-ring (bicyclic) bond motifs is 1. The van der Waals surface area contributed by atoms with E-state index in [1.165, 1.54) is 30.4 Å². The Morgan fingerprint density at radius 1 is 1.13 bits per heavy atom. The quantitative estimate of drug-likeness (QED) is 0.393. The number of nitrogens with one attached hydrogen (secondary N) is 2. The molecule has 2 amide bonds. The van der Waals surface area contributed by atoms with Gasteiger partial charge in [-0.2, -0.15) is 0 Å². The zero-order valence-corrected chi connectivity index (χ0v) is 17.7. The fourth-order valence-corrected chi connectivity index (χ4v) is 4.42. The van der Waals surface area contributed by atoms with E-state index in [-0.39, 0.29) is 5.75 Å². The number of thiophene rings is 1. The summed E-state index contributed by atoms with van der Waals surface area (Å²) in [6, 6.07) is 11.1. The number of rotatable bonds is 5. The fraction of sp³-hybridized carbons (Fsp3) is 0.136. The molecule has 0 saturated carbocycles.